The van der Waals surface area contributed by atoms with Gasteiger partial charge in [-0.05, 0) is 106 Å². The highest BCUT2D eigenvalue weighted by atomic mass is 16.3. The van der Waals surface area contributed by atoms with Crippen LogP contribution in [0.5, 0.6) is 0 Å². The normalized spacial score (nSPS) is 13.0. The van der Waals surface area contributed by atoms with Crippen molar-refractivity contribution in [3.8, 4) is 33.6 Å². The molecule has 4 nitrogen and oxygen atoms in total. The molecule has 0 saturated carbocycles. The van der Waals surface area contributed by atoms with Crippen LogP contribution in [-0.2, 0) is 5.41 Å². The molecule has 0 radical (unpaired) electrons. The van der Waals surface area contributed by atoms with Crippen LogP contribution in [0.2, 0.25) is 0 Å². The van der Waals surface area contributed by atoms with Gasteiger partial charge >= 0.3 is 0 Å². The predicted molar refractivity (Wildman–Crippen MR) is 280 cm³/mol. The second kappa shape index (κ2) is 14.2. The largest absolute Gasteiger partial charge is 0.454 e. The van der Waals surface area contributed by atoms with Crippen molar-refractivity contribution in [2.24, 2.45) is 0 Å². The van der Waals surface area contributed by atoms with Crippen LogP contribution < -0.4 is 4.90 Å². The molecular formula is C63H43N3O. The summed E-state index contributed by atoms with van der Waals surface area (Å²) in [5, 5.41) is 7.07. The van der Waals surface area contributed by atoms with E-state index in [4.69, 9.17) is 4.42 Å². The molecule has 0 saturated heterocycles. The van der Waals surface area contributed by atoms with E-state index in [1.165, 1.54) is 54.9 Å². The Bertz CT molecular complexity index is 3900. The Kier molecular flexibility index (Phi) is 8.00. The lowest BCUT2D eigenvalue weighted by molar-refractivity contribution is 0.660. The summed E-state index contributed by atoms with van der Waals surface area (Å²) in [6.45, 7) is 4.70. The van der Waals surface area contributed by atoms with E-state index >= 15 is 0 Å². The molecule has 14 rings (SSSR count). The summed E-state index contributed by atoms with van der Waals surface area (Å²) in [6.07, 6.45) is 0. The van der Waals surface area contributed by atoms with E-state index < -0.39 is 0 Å². The van der Waals surface area contributed by atoms with Crippen molar-refractivity contribution >= 4 is 82.6 Å². The molecule has 10 aromatic carbocycles. The van der Waals surface area contributed by atoms with Crippen LogP contribution in [0.1, 0.15) is 25.0 Å². The summed E-state index contributed by atoms with van der Waals surface area (Å²) in [4.78, 5) is 2.39. The fraction of sp³-hybridized carbons (Fsp3) is 0.0476. The highest BCUT2D eigenvalue weighted by Crippen LogP contribution is 2.50. The second-order valence-electron chi connectivity index (χ2n) is 18.5. The summed E-state index contributed by atoms with van der Waals surface area (Å²) >= 11 is 0. The fourth-order valence-corrected chi connectivity index (χ4v) is 11.4. The van der Waals surface area contributed by atoms with Gasteiger partial charge in [0.1, 0.15) is 5.58 Å². The van der Waals surface area contributed by atoms with Crippen molar-refractivity contribution in [2.45, 2.75) is 19.3 Å². The molecule has 0 spiro atoms. The van der Waals surface area contributed by atoms with E-state index in [9.17, 15) is 0 Å². The smallest absolute Gasteiger partial charge is 0.159 e. The maximum Gasteiger partial charge on any atom is 0.159 e. The van der Waals surface area contributed by atoms with Gasteiger partial charge in [0, 0.05) is 43.4 Å². The zero-order chi connectivity index (χ0) is 44.4. The Morgan fingerprint density at radius 2 is 0.866 bits per heavy atom. The van der Waals surface area contributed by atoms with Crippen LogP contribution in [-0.4, -0.2) is 9.13 Å². The van der Waals surface area contributed by atoms with Crippen LogP contribution in [0.3, 0.4) is 0 Å². The zero-order valence-electron chi connectivity index (χ0n) is 37.1. The number of para-hydroxylation sites is 6. The molecule has 0 atom stereocenters. The molecule has 1 aliphatic carbocycles. The van der Waals surface area contributed by atoms with Crippen molar-refractivity contribution in [2.75, 3.05) is 4.90 Å². The van der Waals surface area contributed by atoms with Gasteiger partial charge < -0.3 is 18.5 Å². The van der Waals surface area contributed by atoms with Gasteiger partial charge in [-0.15, -0.1) is 0 Å². The topological polar surface area (TPSA) is 26.2 Å². The molecule has 3 heterocycles. The van der Waals surface area contributed by atoms with Gasteiger partial charge in [0.05, 0.1) is 44.8 Å². The molecule has 0 amide bonds. The number of nitrogens with zero attached hydrogens (tertiary/aromatic N) is 3. The molecule has 0 unspecified atom stereocenters. The number of hydrogen-bond donors (Lipinski definition) is 0. The Morgan fingerprint density at radius 1 is 0.373 bits per heavy atom. The van der Waals surface area contributed by atoms with E-state index in [1.54, 1.807) is 0 Å². The van der Waals surface area contributed by atoms with Crippen molar-refractivity contribution in [1.82, 2.24) is 9.13 Å². The third-order valence-corrected chi connectivity index (χ3v) is 14.5. The van der Waals surface area contributed by atoms with Crippen LogP contribution in [0.4, 0.5) is 17.1 Å². The standard InChI is InChI=1S/C63H43N3O/c1-63(2)54-23-9-3-16-46(54)47-35-32-41(36-55(47)63)40-30-33-42(34-31-40)64(60-28-15-22-53-52-21-8-14-29-61(52)67-62(53)60)43-37-44(65-56-24-10-4-17-48(56)49-18-5-11-25-57(49)65)39-45(38-43)66-58-26-12-6-19-50(58)51-20-7-13-27-59(51)66/h3-39H,1-2H3. The molecule has 0 N–H and O–H groups in total. The lowest BCUT2D eigenvalue weighted by atomic mass is 9.81. The molecule has 0 aliphatic heterocycles. The minimum atomic E-state index is -0.0839. The van der Waals surface area contributed by atoms with Crippen molar-refractivity contribution in [1.29, 1.82) is 0 Å². The van der Waals surface area contributed by atoms with Crippen LogP contribution in [0.25, 0.3) is 99.2 Å². The monoisotopic (exact) mass is 857 g/mol. The first-order valence-corrected chi connectivity index (χ1v) is 23.2. The van der Waals surface area contributed by atoms with Gasteiger partial charge in [-0.2, -0.15) is 0 Å². The second-order valence-corrected chi connectivity index (χ2v) is 18.5. The number of furan rings is 1. The van der Waals surface area contributed by atoms with Gasteiger partial charge in [0.15, 0.2) is 5.58 Å². The van der Waals surface area contributed by atoms with Crippen molar-refractivity contribution < 1.29 is 4.42 Å². The summed E-state index contributed by atoms with van der Waals surface area (Å²) in [5.74, 6) is 0. The average Bonchev–Trinajstić information content (AvgIpc) is 4.10. The molecule has 1 aliphatic rings. The first-order valence-electron chi connectivity index (χ1n) is 23.2. The van der Waals surface area contributed by atoms with E-state index in [0.29, 0.717) is 0 Å². The molecule has 67 heavy (non-hydrogen) atoms. The number of rotatable bonds is 6. The number of anilines is 3. The van der Waals surface area contributed by atoms with Crippen LogP contribution in [0.15, 0.2) is 229 Å². The summed E-state index contributed by atoms with van der Waals surface area (Å²) in [5.41, 5.74) is 19.2. The number of benzene rings is 10. The van der Waals surface area contributed by atoms with Crippen molar-refractivity contribution in [3.63, 3.8) is 0 Å². The first-order chi connectivity index (χ1) is 33.0. The molecule has 4 heteroatoms. The molecule has 0 fully saturated rings. The predicted octanol–water partition coefficient (Wildman–Crippen LogP) is 17.2. The third kappa shape index (κ3) is 5.54. The molecule has 316 valence electrons. The zero-order valence-corrected chi connectivity index (χ0v) is 37.1. The Hall–Kier alpha value is -8.60. The van der Waals surface area contributed by atoms with Crippen LogP contribution in [0, 0.1) is 0 Å². The molecule has 0 bridgehead atoms. The lowest BCUT2D eigenvalue weighted by Crippen LogP contribution is -2.14. The van der Waals surface area contributed by atoms with Gasteiger partial charge in [0.2, 0.25) is 0 Å². The SMILES string of the molecule is CC1(C)c2ccccc2-c2ccc(-c3ccc(N(c4cc(-n5c6ccccc6c6ccccc65)cc(-n5c6ccccc6c6ccccc65)c4)c4cccc5c4oc4ccccc45)cc3)cc21. The Balaban J connectivity index is 1.03. The summed E-state index contributed by atoms with van der Waals surface area (Å²) in [6, 6.07) is 82.0. The van der Waals surface area contributed by atoms with Gasteiger partial charge in [0.25, 0.3) is 0 Å². The highest BCUT2D eigenvalue weighted by molar-refractivity contribution is 6.12. The number of fused-ring (bicyclic) bond motifs is 12. The maximum absolute atomic E-state index is 6.87. The minimum absolute atomic E-state index is 0.0839. The quantitative estimate of drug-likeness (QED) is 0.167. The fourth-order valence-electron chi connectivity index (χ4n) is 11.4. The van der Waals surface area contributed by atoms with Crippen LogP contribution >= 0.6 is 0 Å². The van der Waals surface area contributed by atoms with E-state index in [-0.39, 0.29) is 5.41 Å². The number of aromatic nitrogens is 2. The Morgan fingerprint density at radius 3 is 1.48 bits per heavy atom. The Labute approximate surface area is 387 Å². The summed E-state index contributed by atoms with van der Waals surface area (Å²) < 4.78 is 11.7. The molecule has 13 aromatic rings. The van der Waals surface area contributed by atoms with E-state index in [2.05, 4.69) is 246 Å². The molecular weight excluding hydrogens is 815 g/mol. The first kappa shape index (κ1) is 37.7. The molecule has 3 aromatic heterocycles. The van der Waals surface area contributed by atoms with E-state index in [0.717, 1.165) is 72.4 Å². The highest BCUT2D eigenvalue weighted by Gasteiger charge is 2.35. The van der Waals surface area contributed by atoms with Gasteiger partial charge in [-0.1, -0.05) is 166 Å². The van der Waals surface area contributed by atoms with E-state index in [1.807, 2.05) is 6.07 Å². The van der Waals surface area contributed by atoms with Gasteiger partial charge in [-0.3, -0.25) is 0 Å². The number of hydrogen-bond acceptors (Lipinski definition) is 2. The average molecular weight is 858 g/mol. The minimum Gasteiger partial charge on any atom is -0.454 e. The van der Waals surface area contributed by atoms with Crippen molar-refractivity contribution in [3.05, 3.63) is 236 Å². The maximum atomic E-state index is 6.87. The third-order valence-electron chi connectivity index (χ3n) is 14.5. The summed E-state index contributed by atoms with van der Waals surface area (Å²) in [7, 11) is 0. The lowest BCUT2D eigenvalue weighted by Gasteiger charge is -2.27. The van der Waals surface area contributed by atoms with Gasteiger partial charge in [-0.25, -0.2) is 0 Å².